The molecule has 1 saturated heterocycles. The first-order chi connectivity index (χ1) is 16.2. The van der Waals surface area contributed by atoms with Crippen LogP contribution in [0.4, 0.5) is 4.79 Å². The van der Waals surface area contributed by atoms with Crippen LogP contribution in [0.2, 0.25) is 0 Å². The van der Waals surface area contributed by atoms with Gasteiger partial charge in [0.05, 0.1) is 35.1 Å². The fourth-order valence-corrected chi connectivity index (χ4v) is 5.38. The van der Waals surface area contributed by atoms with Gasteiger partial charge in [-0.2, -0.15) is 16.8 Å². The van der Waals surface area contributed by atoms with Crippen LogP contribution in [0, 0.1) is 13.8 Å². The van der Waals surface area contributed by atoms with Crippen molar-refractivity contribution < 1.29 is 34.7 Å². The summed E-state index contributed by atoms with van der Waals surface area (Å²) in [4.78, 5) is 14.1. The van der Waals surface area contributed by atoms with E-state index in [0.717, 1.165) is 11.1 Å². The summed E-state index contributed by atoms with van der Waals surface area (Å²) < 4.78 is 66.1. The van der Waals surface area contributed by atoms with E-state index in [1.165, 1.54) is 29.2 Å². The number of rotatable bonds is 8. The first-order valence-corrected chi connectivity index (χ1v) is 13.9. The molecule has 2 aromatic carbocycles. The van der Waals surface area contributed by atoms with Crippen molar-refractivity contribution >= 4 is 26.3 Å². The minimum absolute atomic E-state index is 0.00955. The van der Waals surface area contributed by atoms with Crippen LogP contribution in [-0.2, 0) is 33.3 Å². The van der Waals surface area contributed by atoms with E-state index in [2.05, 4.69) is 0 Å². The molecule has 3 rings (SSSR count). The number of carbonyl (C=O) groups excluding carboxylic acids is 1. The SMILES string of the molecule is Cc1ccc(S(=O)(=O)OC[C@@H]2C[C@H](COS(=O)(=O)c3ccc(C)cc3)N2C(=O)OC(C)(C)C)cc1. The van der Waals surface area contributed by atoms with Crippen LogP contribution >= 0.6 is 0 Å². The largest absolute Gasteiger partial charge is 0.444 e. The Bertz CT molecular complexity index is 1160. The third-order valence-corrected chi connectivity index (χ3v) is 7.98. The van der Waals surface area contributed by atoms with Crippen LogP contribution in [0.1, 0.15) is 38.3 Å². The van der Waals surface area contributed by atoms with E-state index in [9.17, 15) is 21.6 Å². The topological polar surface area (TPSA) is 116 Å². The minimum Gasteiger partial charge on any atom is -0.444 e. The summed E-state index contributed by atoms with van der Waals surface area (Å²) in [6, 6.07) is 11.2. The van der Waals surface area contributed by atoms with E-state index in [-0.39, 0.29) is 29.4 Å². The smallest absolute Gasteiger partial charge is 0.410 e. The predicted molar refractivity (Wildman–Crippen MR) is 129 cm³/mol. The molecule has 0 spiro atoms. The molecule has 11 heteroatoms. The lowest BCUT2D eigenvalue weighted by molar-refractivity contribution is -0.0519. The average molecular weight is 526 g/mol. The highest BCUT2D eigenvalue weighted by Gasteiger charge is 2.45. The van der Waals surface area contributed by atoms with Crippen molar-refractivity contribution in [3.8, 4) is 0 Å². The van der Waals surface area contributed by atoms with Crippen molar-refractivity contribution in [3.05, 3.63) is 59.7 Å². The third-order valence-electron chi connectivity index (χ3n) is 5.39. The summed E-state index contributed by atoms with van der Waals surface area (Å²) in [5.74, 6) is 0. The van der Waals surface area contributed by atoms with Gasteiger partial charge in [-0.15, -0.1) is 0 Å². The number of amides is 1. The molecule has 0 saturated carbocycles. The van der Waals surface area contributed by atoms with Gasteiger partial charge in [-0.3, -0.25) is 13.3 Å². The second kappa shape index (κ2) is 10.3. The summed E-state index contributed by atoms with van der Waals surface area (Å²) >= 11 is 0. The van der Waals surface area contributed by atoms with Crippen molar-refractivity contribution in [2.45, 2.75) is 68.5 Å². The second-order valence-electron chi connectivity index (χ2n) is 9.53. The first kappa shape index (κ1) is 27.1. The van der Waals surface area contributed by atoms with Crippen molar-refractivity contribution in [3.63, 3.8) is 0 Å². The zero-order valence-electron chi connectivity index (χ0n) is 20.4. The molecule has 35 heavy (non-hydrogen) atoms. The zero-order valence-corrected chi connectivity index (χ0v) is 22.1. The Morgan fingerprint density at radius 2 is 1.17 bits per heavy atom. The van der Waals surface area contributed by atoms with E-state index >= 15 is 0 Å². The van der Waals surface area contributed by atoms with Gasteiger partial charge >= 0.3 is 6.09 Å². The van der Waals surface area contributed by atoms with Gasteiger partial charge in [-0.05, 0) is 65.3 Å². The Hall–Kier alpha value is -2.47. The quantitative estimate of drug-likeness (QED) is 0.478. The number of hydrogen-bond acceptors (Lipinski definition) is 8. The molecular weight excluding hydrogens is 494 g/mol. The van der Waals surface area contributed by atoms with Crippen molar-refractivity contribution in [2.75, 3.05) is 13.2 Å². The highest BCUT2D eigenvalue weighted by Crippen LogP contribution is 2.30. The lowest BCUT2D eigenvalue weighted by Gasteiger charge is -2.47. The molecule has 9 nitrogen and oxygen atoms in total. The monoisotopic (exact) mass is 525 g/mol. The molecule has 1 fully saturated rings. The molecule has 1 aliphatic rings. The molecular formula is C24H31NO8S2. The third kappa shape index (κ3) is 7.03. The van der Waals surface area contributed by atoms with Crippen LogP contribution in [0.15, 0.2) is 58.3 Å². The summed E-state index contributed by atoms with van der Waals surface area (Å²) in [7, 11) is -8.06. The number of nitrogens with zero attached hydrogens (tertiary/aromatic N) is 1. The van der Waals surface area contributed by atoms with Crippen LogP contribution in [0.25, 0.3) is 0 Å². The number of benzene rings is 2. The molecule has 0 N–H and O–H groups in total. The summed E-state index contributed by atoms with van der Waals surface area (Å²) in [5, 5.41) is 0. The standard InChI is InChI=1S/C24H31NO8S2/c1-17-6-10-21(11-7-17)34(27,28)31-15-19-14-20(25(19)23(26)33-24(3,4)5)16-32-35(29,30)22-12-8-18(2)9-13-22/h6-13,19-20H,14-16H2,1-5H3/t19-,20+. The van der Waals surface area contributed by atoms with E-state index in [1.807, 2.05) is 13.8 Å². The van der Waals surface area contributed by atoms with Gasteiger partial charge < -0.3 is 4.74 Å². The Morgan fingerprint density at radius 3 is 1.51 bits per heavy atom. The number of carbonyl (C=O) groups is 1. The molecule has 0 unspecified atom stereocenters. The fraction of sp³-hybridized carbons (Fsp3) is 0.458. The van der Waals surface area contributed by atoms with E-state index in [4.69, 9.17) is 13.1 Å². The maximum atomic E-state index is 12.8. The Labute approximate surface area is 207 Å². The van der Waals surface area contributed by atoms with Crippen molar-refractivity contribution in [1.82, 2.24) is 4.90 Å². The molecule has 2 atom stereocenters. The van der Waals surface area contributed by atoms with Gasteiger partial charge in [0, 0.05) is 0 Å². The predicted octanol–water partition coefficient (Wildman–Crippen LogP) is 3.79. The van der Waals surface area contributed by atoms with E-state index < -0.39 is 44.0 Å². The number of hydrogen-bond donors (Lipinski definition) is 0. The Kier molecular flexibility index (Phi) is 7.95. The maximum Gasteiger partial charge on any atom is 0.410 e. The van der Waals surface area contributed by atoms with E-state index in [1.54, 1.807) is 45.0 Å². The Morgan fingerprint density at radius 1 is 0.800 bits per heavy atom. The van der Waals surface area contributed by atoms with Crippen molar-refractivity contribution in [1.29, 1.82) is 0 Å². The summed E-state index contributed by atoms with van der Waals surface area (Å²) in [6.07, 6.45) is -0.419. The molecule has 0 aliphatic carbocycles. The average Bonchev–Trinajstić information content (AvgIpc) is 2.71. The molecule has 0 bridgehead atoms. The van der Waals surface area contributed by atoms with Crippen LogP contribution in [-0.4, -0.2) is 58.7 Å². The fourth-order valence-electron chi connectivity index (χ4n) is 3.49. The molecule has 1 heterocycles. The van der Waals surface area contributed by atoms with Gasteiger partial charge in [-0.25, -0.2) is 4.79 Å². The van der Waals surface area contributed by atoms with Gasteiger partial charge in [0.1, 0.15) is 5.60 Å². The Balaban J connectivity index is 1.69. The molecule has 192 valence electrons. The number of likely N-dealkylation sites (tertiary alicyclic amines) is 1. The van der Waals surface area contributed by atoms with Gasteiger partial charge in [-0.1, -0.05) is 35.4 Å². The maximum absolute atomic E-state index is 12.8. The van der Waals surface area contributed by atoms with Crippen molar-refractivity contribution in [2.24, 2.45) is 0 Å². The molecule has 1 aliphatic heterocycles. The van der Waals surface area contributed by atoms with E-state index in [0.29, 0.717) is 0 Å². The normalized spacial score (nSPS) is 18.7. The summed E-state index contributed by atoms with van der Waals surface area (Å²) in [5.41, 5.74) is 1.01. The summed E-state index contributed by atoms with van der Waals surface area (Å²) in [6.45, 7) is 8.19. The van der Waals surface area contributed by atoms with Gasteiger partial charge in [0.2, 0.25) is 0 Å². The lowest BCUT2D eigenvalue weighted by Crippen LogP contribution is -2.63. The second-order valence-corrected chi connectivity index (χ2v) is 12.8. The number of ether oxygens (including phenoxy) is 1. The number of aryl methyl sites for hydroxylation is 2. The van der Waals surface area contributed by atoms with Crippen LogP contribution < -0.4 is 0 Å². The zero-order chi connectivity index (χ0) is 26.0. The molecule has 0 radical (unpaired) electrons. The minimum atomic E-state index is -4.03. The molecule has 1 amide bonds. The molecule has 0 aromatic heterocycles. The lowest BCUT2D eigenvalue weighted by atomic mass is 9.95. The first-order valence-electron chi connectivity index (χ1n) is 11.1. The van der Waals surface area contributed by atoms with Gasteiger partial charge in [0.25, 0.3) is 20.2 Å². The highest BCUT2D eigenvalue weighted by atomic mass is 32.2. The van der Waals surface area contributed by atoms with Crippen LogP contribution in [0.5, 0.6) is 0 Å². The van der Waals surface area contributed by atoms with Gasteiger partial charge in [0.15, 0.2) is 0 Å². The highest BCUT2D eigenvalue weighted by molar-refractivity contribution is 7.87. The molecule has 2 aromatic rings. The van der Waals surface area contributed by atoms with Crippen LogP contribution in [0.3, 0.4) is 0 Å².